The summed E-state index contributed by atoms with van der Waals surface area (Å²) in [7, 11) is 0. The van der Waals surface area contributed by atoms with Gasteiger partial charge >= 0.3 is 5.97 Å². The highest BCUT2D eigenvalue weighted by atomic mass is 16.4. The Hall–Kier alpha value is -2.43. The number of carboxylic acids is 1. The van der Waals surface area contributed by atoms with Gasteiger partial charge in [0.05, 0.1) is 0 Å². The normalized spacial score (nSPS) is 10.0. The van der Waals surface area contributed by atoms with E-state index in [1.807, 2.05) is 0 Å². The largest absolute Gasteiger partial charge is 0.477 e. The standard InChI is InChI=1S/C11H9N3O2/c12-8-3-1-2-7(6-8)10-13-5-4-9(14-10)11(15)16/h1-6H,12H2,(H,15,16). The van der Waals surface area contributed by atoms with Crippen LogP contribution in [0.5, 0.6) is 0 Å². The third kappa shape index (κ3) is 1.98. The number of aromatic nitrogens is 2. The molecule has 1 heterocycles. The van der Waals surface area contributed by atoms with Crippen LogP contribution in [0.15, 0.2) is 36.5 Å². The van der Waals surface area contributed by atoms with Crippen molar-refractivity contribution in [1.29, 1.82) is 0 Å². The molecule has 0 spiro atoms. The van der Waals surface area contributed by atoms with Gasteiger partial charge in [-0.25, -0.2) is 14.8 Å². The lowest BCUT2D eigenvalue weighted by atomic mass is 10.2. The summed E-state index contributed by atoms with van der Waals surface area (Å²) >= 11 is 0. The Kier molecular flexibility index (Phi) is 2.51. The van der Waals surface area contributed by atoms with E-state index in [4.69, 9.17) is 10.8 Å². The number of hydrogen-bond donors (Lipinski definition) is 2. The lowest BCUT2D eigenvalue weighted by Crippen LogP contribution is -2.02. The quantitative estimate of drug-likeness (QED) is 0.739. The summed E-state index contributed by atoms with van der Waals surface area (Å²) in [5, 5.41) is 8.80. The van der Waals surface area contributed by atoms with Crippen molar-refractivity contribution in [3.05, 3.63) is 42.2 Å². The number of nitrogen functional groups attached to an aromatic ring is 1. The second-order valence-electron chi connectivity index (χ2n) is 3.20. The van der Waals surface area contributed by atoms with Gasteiger partial charge in [-0.3, -0.25) is 0 Å². The predicted octanol–water partition coefficient (Wildman–Crippen LogP) is 1.42. The van der Waals surface area contributed by atoms with Crippen molar-refractivity contribution in [2.45, 2.75) is 0 Å². The van der Waals surface area contributed by atoms with E-state index in [0.29, 0.717) is 17.1 Å². The minimum Gasteiger partial charge on any atom is -0.477 e. The Labute approximate surface area is 91.6 Å². The fourth-order valence-corrected chi connectivity index (χ4v) is 1.29. The molecule has 2 rings (SSSR count). The minimum absolute atomic E-state index is 0.0348. The Bertz CT molecular complexity index is 540. The minimum atomic E-state index is -1.08. The average molecular weight is 215 g/mol. The van der Waals surface area contributed by atoms with E-state index < -0.39 is 5.97 Å². The molecule has 0 fully saturated rings. The average Bonchev–Trinajstić information content (AvgIpc) is 2.29. The molecule has 80 valence electrons. The van der Waals surface area contributed by atoms with Gasteiger partial charge in [0, 0.05) is 17.4 Å². The van der Waals surface area contributed by atoms with Crippen LogP contribution in [0, 0.1) is 0 Å². The van der Waals surface area contributed by atoms with Gasteiger partial charge in [0.15, 0.2) is 11.5 Å². The number of anilines is 1. The molecule has 0 radical (unpaired) electrons. The van der Waals surface area contributed by atoms with Crippen LogP contribution in [0.1, 0.15) is 10.5 Å². The van der Waals surface area contributed by atoms with Gasteiger partial charge in [0.1, 0.15) is 0 Å². The fourth-order valence-electron chi connectivity index (χ4n) is 1.29. The Morgan fingerprint density at radius 2 is 2.12 bits per heavy atom. The van der Waals surface area contributed by atoms with E-state index in [-0.39, 0.29) is 5.69 Å². The molecule has 0 atom stereocenters. The summed E-state index contributed by atoms with van der Waals surface area (Å²) in [5.41, 5.74) is 6.87. The highest BCUT2D eigenvalue weighted by Gasteiger charge is 2.07. The van der Waals surface area contributed by atoms with Crippen LogP contribution in [0.4, 0.5) is 5.69 Å². The Morgan fingerprint density at radius 1 is 1.31 bits per heavy atom. The zero-order valence-corrected chi connectivity index (χ0v) is 8.29. The zero-order valence-electron chi connectivity index (χ0n) is 8.29. The second-order valence-corrected chi connectivity index (χ2v) is 3.20. The molecule has 5 heteroatoms. The van der Waals surface area contributed by atoms with Gasteiger partial charge in [-0.15, -0.1) is 0 Å². The van der Waals surface area contributed by atoms with Crippen molar-refractivity contribution in [2.24, 2.45) is 0 Å². The van der Waals surface area contributed by atoms with Crippen molar-refractivity contribution in [3.8, 4) is 11.4 Å². The Morgan fingerprint density at radius 3 is 2.81 bits per heavy atom. The van der Waals surface area contributed by atoms with E-state index >= 15 is 0 Å². The van der Waals surface area contributed by atoms with E-state index in [2.05, 4.69) is 9.97 Å². The van der Waals surface area contributed by atoms with E-state index in [1.54, 1.807) is 24.3 Å². The Balaban J connectivity index is 2.48. The lowest BCUT2D eigenvalue weighted by Gasteiger charge is -2.01. The molecule has 0 bridgehead atoms. The first-order chi connectivity index (χ1) is 7.66. The summed E-state index contributed by atoms with van der Waals surface area (Å²) in [5.74, 6) is -0.722. The van der Waals surface area contributed by atoms with Crippen LogP contribution >= 0.6 is 0 Å². The molecule has 1 aromatic carbocycles. The van der Waals surface area contributed by atoms with Gasteiger partial charge in [0.2, 0.25) is 0 Å². The van der Waals surface area contributed by atoms with E-state index in [0.717, 1.165) is 0 Å². The predicted molar refractivity (Wildman–Crippen MR) is 58.8 cm³/mol. The molecule has 5 nitrogen and oxygen atoms in total. The molecule has 0 aliphatic heterocycles. The first-order valence-electron chi connectivity index (χ1n) is 4.59. The topological polar surface area (TPSA) is 89.1 Å². The van der Waals surface area contributed by atoms with Crippen molar-refractivity contribution < 1.29 is 9.90 Å². The third-order valence-corrected chi connectivity index (χ3v) is 2.02. The van der Waals surface area contributed by atoms with Crippen LogP contribution in [0.25, 0.3) is 11.4 Å². The molecule has 0 saturated heterocycles. The van der Waals surface area contributed by atoms with Crippen LogP contribution in [0.2, 0.25) is 0 Å². The molecule has 1 aromatic heterocycles. The first kappa shape index (κ1) is 10.1. The summed E-state index contributed by atoms with van der Waals surface area (Å²) in [6.07, 6.45) is 1.41. The van der Waals surface area contributed by atoms with Gasteiger partial charge in [-0.05, 0) is 18.2 Å². The first-order valence-corrected chi connectivity index (χ1v) is 4.59. The number of benzene rings is 1. The maximum absolute atomic E-state index is 10.7. The number of hydrogen-bond acceptors (Lipinski definition) is 4. The fraction of sp³-hybridized carbons (Fsp3) is 0. The highest BCUT2D eigenvalue weighted by Crippen LogP contribution is 2.17. The lowest BCUT2D eigenvalue weighted by molar-refractivity contribution is 0.0690. The SMILES string of the molecule is Nc1cccc(-c2nccc(C(=O)O)n2)c1. The molecule has 0 amide bonds. The summed E-state index contributed by atoms with van der Waals surface area (Å²) in [6.45, 7) is 0. The van der Waals surface area contributed by atoms with Crippen molar-refractivity contribution >= 4 is 11.7 Å². The molecule has 2 aromatic rings. The van der Waals surface area contributed by atoms with E-state index in [1.165, 1.54) is 12.3 Å². The molecule has 0 aliphatic carbocycles. The number of carbonyl (C=O) groups is 1. The van der Waals surface area contributed by atoms with Gasteiger partial charge < -0.3 is 10.8 Å². The molecular formula is C11H9N3O2. The highest BCUT2D eigenvalue weighted by molar-refractivity contribution is 5.85. The van der Waals surface area contributed by atoms with Crippen LogP contribution in [-0.4, -0.2) is 21.0 Å². The number of carboxylic acid groups (broad SMARTS) is 1. The van der Waals surface area contributed by atoms with Crippen molar-refractivity contribution in [2.75, 3.05) is 5.73 Å². The van der Waals surface area contributed by atoms with Crippen LogP contribution in [-0.2, 0) is 0 Å². The number of nitrogens with zero attached hydrogens (tertiary/aromatic N) is 2. The molecular weight excluding hydrogens is 206 g/mol. The van der Waals surface area contributed by atoms with Crippen molar-refractivity contribution in [1.82, 2.24) is 9.97 Å². The summed E-state index contributed by atoms with van der Waals surface area (Å²) < 4.78 is 0. The number of aromatic carboxylic acids is 1. The maximum atomic E-state index is 10.7. The smallest absolute Gasteiger partial charge is 0.354 e. The van der Waals surface area contributed by atoms with Crippen LogP contribution < -0.4 is 5.73 Å². The summed E-state index contributed by atoms with van der Waals surface area (Å²) in [6, 6.07) is 8.32. The number of rotatable bonds is 2. The molecule has 0 aliphatic rings. The maximum Gasteiger partial charge on any atom is 0.354 e. The van der Waals surface area contributed by atoms with Gasteiger partial charge in [0.25, 0.3) is 0 Å². The zero-order chi connectivity index (χ0) is 11.5. The monoisotopic (exact) mass is 215 g/mol. The summed E-state index contributed by atoms with van der Waals surface area (Å²) in [4.78, 5) is 18.7. The van der Waals surface area contributed by atoms with Crippen molar-refractivity contribution in [3.63, 3.8) is 0 Å². The molecule has 0 saturated carbocycles. The van der Waals surface area contributed by atoms with Crippen LogP contribution in [0.3, 0.4) is 0 Å². The molecule has 3 N–H and O–H groups in total. The second kappa shape index (κ2) is 3.98. The molecule has 16 heavy (non-hydrogen) atoms. The van der Waals surface area contributed by atoms with Gasteiger partial charge in [-0.2, -0.15) is 0 Å². The van der Waals surface area contributed by atoms with E-state index in [9.17, 15) is 4.79 Å². The van der Waals surface area contributed by atoms with Gasteiger partial charge in [-0.1, -0.05) is 12.1 Å². The molecule has 0 unspecified atom stereocenters. The number of nitrogens with two attached hydrogens (primary N) is 1. The third-order valence-electron chi connectivity index (χ3n) is 2.02.